The molecule has 3 aliphatic heterocycles. The number of nitrogens with zero attached hydrogens (tertiary/aromatic N) is 2. The van der Waals surface area contributed by atoms with Gasteiger partial charge in [-0.25, -0.2) is 0 Å². The van der Waals surface area contributed by atoms with Gasteiger partial charge in [-0.1, -0.05) is 0 Å². The van der Waals surface area contributed by atoms with Crippen LogP contribution < -0.4 is 0 Å². The second kappa shape index (κ2) is 7.38. The van der Waals surface area contributed by atoms with E-state index < -0.39 is 0 Å². The first-order chi connectivity index (χ1) is 10.3. The normalized spacial score (nSPS) is 34.4. The molecule has 0 spiro atoms. The zero-order valence-electron chi connectivity index (χ0n) is 13.4. The molecule has 3 saturated heterocycles. The van der Waals surface area contributed by atoms with Crippen molar-refractivity contribution in [3.63, 3.8) is 0 Å². The predicted octanol–water partition coefficient (Wildman–Crippen LogP) is 0.979. The number of morpholine rings is 1. The zero-order chi connectivity index (χ0) is 14.5. The lowest BCUT2D eigenvalue weighted by Gasteiger charge is -2.31. The van der Waals surface area contributed by atoms with E-state index in [9.17, 15) is 0 Å². The molecule has 0 N–H and O–H groups in total. The Kier molecular flexibility index (Phi) is 5.51. The number of hydrogen-bond donors (Lipinski definition) is 0. The average molecular weight is 298 g/mol. The van der Waals surface area contributed by atoms with Crippen LogP contribution in [0.5, 0.6) is 0 Å². The fourth-order valence-electron chi connectivity index (χ4n) is 4.04. The minimum atomic E-state index is 0.277. The summed E-state index contributed by atoms with van der Waals surface area (Å²) in [7, 11) is 0. The highest BCUT2D eigenvalue weighted by atomic mass is 16.5. The van der Waals surface area contributed by atoms with Gasteiger partial charge in [0.25, 0.3) is 0 Å². The quantitative estimate of drug-likeness (QED) is 0.700. The van der Waals surface area contributed by atoms with Gasteiger partial charge in [-0.3, -0.25) is 9.80 Å². The molecule has 0 radical (unpaired) electrons. The minimum absolute atomic E-state index is 0.277. The van der Waals surface area contributed by atoms with Crippen molar-refractivity contribution in [2.45, 2.75) is 37.8 Å². The lowest BCUT2D eigenvalue weighted by molar-refractivity contribution is 0.00237. The molecular formula is C16H30N2O3. The number of hydrogen-bond acceptors (Lipinski definition) is 5. The number of rotatable bonds is 7. The molecule has 5 nitrogen and oxygen atoms in total. The van der Waals surface area contributed by atoms with Gasteiger partial charge in [-0.15, -0.1) is 0 Å². The van der Waals surface area contributed by atoms with E-state index in [1.54, 1.807) is 0 Å². The fraction of sp³-hybridized carbons (Fsp3) is 1.00. The highest BCUT2D eigenvalue weighted by molar-refractivity contribution is 5.04. The van der Waals surface area contributed by atoms with Gasteiger partial charge >= 0.3 is 0 Å². The van der Waals surface area contributed by atoms with Crippen molar-refractivity contribution in [2.24, 2.45) is 0 Å². The smallest absolute Gasteiger partial charge is 0.0721 e. The number of ether oxygens (including phenoxy) is 3. The van der Waals surface area contributed by atoms with Crippen LogP contribution in [0.1, 0.15) is 26.2 Å². The molecule has 5 heteroatoms. The van der Waals surface area contributed by atoms with Crippen molar-refractivity contribution >= 4 is 0 Å². The van der Waals surface area contributed by atoms with E-state index in [2.05, 4.69) is 16.7 Å². The average Bonchev–Trinajstić information content (AvgIpc) is 3.03. The Morgan fingerprint density at radius 1 is 1.24 bits per heavy atom. The van der Waals surface area contributed by atoms with Crippen molar-refractivity contribution in [3.05, 3.63) is 0 Å². The summed E-state index contributed by atoms with van der Waals surface area (Å²) in [5, 5.41) is 0. The summed E-state index contributed by atoms with van der Waals surface area (Å²) in [6, 6.07) is 0. The third-order valence-corrected chi connectivity index (χ3v) is 5.21. The molecule has 21 heavy (non-hydrogen) atoms. The molecule has 3 fully saturated rings. The molecule has 0 bridgehead atoms. The van der Waals surface area contributed by atoms with Crippen LogP contribution in [0.25, 0.3) is 0 Å². The maximum atomic E-state index is 6.17. The largest absolute Gasteiger partial charge is 0.380 e. The molecule has 0 aromatic heterocycles. The zero-order valence-corrected chi connectivity index (χ0v) is 13.4. The van der Waals surface area contributed by atoms with Crippen LogP contribution in [0.15, 0.2) is 0 Å². The summed E-state index contributed by atoms with van der Waals surface area (Å²) in [6.45, 7) is 11.8. The van der Waals surface area contributed by atoms with Gasteiger partial charge in [0.05, 0.1) is 32.5 Å². The molecule has 122 valence electrons. The SMILES string of the molecule is CCOCC12CCCN1C[C@H](OCCN1CCOCC1)C2. The molecule has 3 aliphatic rings. The van der Waals surface area contributed by atoms with E-state index in [0.29, 0.717) is 6.10 Å². The van der Waals surface area contributed by atoms with Gasteiger partial charge in [0.15, 0.2) is 0 Å². The second-order valence-corrected chi connectivity index (χ2v) is 6.56. The third-order valence-electron chi connectivity index (χ3n) is 5.21. The first kappa shape index (κ1) is 15.7. The lowest BCUT2D eigenvalue weighted by Crippen LogP contribution is -2.42. The van der Waals surface area contributed by atoms with E-state index in [1.807, 2.05) is 0 Å². The summed E-state index contributed by atoms with van der Waals surface area (Å²) >= 11 is 0. The summed E-state index contributed by atoms with van der Waals surface area (Å²) < 4.78 is 17.3. The van der Waals surface area contributed by atoms with Crippen LogP contribution in [-0.2, 0) is 14.2 Å². The molecule has 0 saturated carbocycles. The molecule has 0 aromatic carbocycles. The van der Waals surface area contributed by atoms with Crippen molar-refractivity contribution in [1.29, 1.82) is 0 Å². The second-order valence-electron chi connectivity index (χ2n) is 6.56. The molecule has 2 atom stereocenters. The van der Waals surface area contributed by atoms with E-state index >= 15 is 0 Å². The monoisotopic (exact) mass is 298 g/mol. The Morgan fingerprint density at radius 2 is 2.10 bits per heavy atom. The molecule has 0 aliphatic carbocycles. The van der Waals surface area contributed by atoms with Crippen LogP contribution in [0.3, 0.4) is 0 Å². The van der Waals surface area contributed by atoms with Gasteiger partial charge in [-0.05, 0) is 32.7 Å². The van der Waals surface area contributed by atoms with E-state index in [4.69, 9.17) is 14.2 Å². The Hall–Kier alpha value is -0.200. The van der Waals surface area contributed by atoms with Crippen molar-refractivity contribution in [2.75, 3.05) is 65.8 Å². The van der Waals surface area contributed by atoms with Crippen molar-refractivity contribution in [1.82, 2.24) is 9.80 Å². The predicted molar refractivity (Wildman–Crippen MR) is 81.6 cm³/mol. The molecular weight excluding hydrogens is 268 g/mol. The summed E-state index contributed by atoms with van der Waals surface area (Å²) in [5.74, 6) is 0. The summed E-state index contributed by atoms with van der Waals surface area (Å²) in [4.78, 5) is 5.05. The molecule has 3 heterocycles. The van der Waals surface area contributed by atoms with Crippen LogP contribution >= 0.6 is 0 Å². The van der Waals surface area contributed by atoms with E-state index in [-0.39, 0.29) is 5.54 Å². The molecule has 0 aromatic rings. The molecule has 3 rings (SSSR count). The molecule has 1 unspecified atom stereocenters. The summed E-state index contributed by atoms with van der Waals surface area (Å²) in [5.41, 5.74) is 0.277. The van der Waals surface area contributed by atoms with Gasteiger partial charge in [-0.2, -0.15) is 0 Å². The van der Waals surface area contributed by atoms with Gasteiger partial charge in [0.1, 0.15) is 0 Å². The van der Waals surface area contributed by atoms with Crippen LogP contribution in [-0.4, -0.2) is 87.2 Å². The topological polar surface area (TPSA) is 34.2 Å². The van der Waals surface area contributed by atoms with E-state index in [0.717, 1.165) is 65.6 Å². The van der Waals surface area contributed by atoms with Gasteiger partial charge < -0.3 is 14.2 Å². The lowest BCUT2D eigenvalue weighted by atomic mass is 9.94. The highest BCUT2D eigenvalue weighted by Gasteiger charge is 2.48. The highest BCUT2D eigenvalue weighted by Crippen LogP contribution is 2.40. The van der Waals surface area contributed by atoms with Gasteiger partial charge in [0, 0.05) is 38.3 Å². The first-order valence-electron chi connectivity index (χ1n) is 8.57. The van der Waals surface area contributed by atoms with Crippen molar-refractivity contribution in [3.8, 4) is 0 Å². The minimum Gasteiger partial charge on any atom is -0.380 e. The maximum absolute atomic E-state index is 6.17. The van der Waals surface area contributed by atoms with Crippen LogP contribution in [0, 0.1) is 0 Å². The summed E-state index contributed by atoms with van der Waals surface area (Å²) in [6.07, 6.45) is 4.13. The Morgan fingerprint density at radius 3 is 2.90 bits per heavy atom. The Labute approximate surface area is 128 Å². The Bertz CT molecular complexity index is 323. The van der Waals surface area contributed by atoms with E-state index in [1.165, 1.54) is 19.4 Å². The maximum Gasteiger partial charge on any atom is 0.0721 e. The standard InChI is InChI=1S/C16H30N2O3/c1-2-19-14-16-4-3-5-18(16)13-15(12-16)21-11-8-17-6-9-20-10-7-17/h15H,2-14H2,1H3/t15-,16?/m1/s1. The fourth-order valence-corrected chi connectivity index (χ4v) is 4.04. The Balaban J connectivity index is 1.41. The van der Waals surface area contributed by atoms with Crippen molar-refractivity contribution < 1.29 is 14.2 Å². The molecule has 0 amide bonds. The van der Waals surface area contributed by atoms with Crippen LogP contribution in [0.4, 0.5) is 0 Å². The van der Waals surface area contributed by atoms with Crippen LogP contribution in [0.2, 0.25) is 0 Å². The first-order valence-corrected chi connectivity index (χ1v) is 8.57. The number of fused-ring (bicyclic) bond motifs is 1. The van der Waals surface area contributed by atoms with Gasteiger partial charge in [0.2, 0.25) is 0 Å². The third kappa shape index (κ3) is 3.77.